The van der Waals surface area contributed by atoms with E-state index in [9.17, 15) is 4.79 Å². The lowest BCUT2D eigenvalue weighted by atomic mass is 10.0. The van der Waals surface area contributed by atoms with Gasteiger partial charge >= 0.3 is 0 Å². The van der Waals surface area contributed by atoms with Crippen LogP contribution in [0.3, 0.4) is 0 Å². The first kappa shape index (κ1) is 13.8. The van der Waals surface area contributed by atoms with Gasteiger partial charge in [-0.25, -0.2) is 0 Å². The molecule has 18 heavy (non-hydrogen) atoms. The summed E-state index contributed by atoms with van der Waals surface area (Å²) < 4.78 is 0. The third-order valence-corrected chi connectivity index (χ3v) is 4.08. The summed E-state index contributed by atoms with van der Waals surface area (Å²) in [6.45, 7) is 7.57. The van der Waals surface area contributed by atoms with Gasteiger partial charge in [0, 0.05) is 31.7 Å². The largest absolute Gasteiger partial charge is 0.355 e. The number of rotatable bonds is 4. The number of likely N-dealkylation sites (tertiary alicyclic amines) is 2. The molecule has 0 aliphatic carbocycles. The van der Waals surface area contributed by atoms with Crippen LogP contribution in [-0.4, -0.2) is 67.1 Å². The van der Waals surface area contributed by atoms with Crippen molar-refractivity contribution in [2.75, 3.05) is 39.3 Å². The van der Waals surface area contributed by atoms with Crippen LogP contribution in [0.25, 0.3) is 0 Å². The Hall–Kier alpha value is -0.650. The molecule has 0 bridgehead atoms. The van der Waals surface area contributed by atoms with Gasteiger partial charge in [-0.15, -0.1) is 0 Å². The summed E-state index contributed by atoms with van der Waals surface area (Å²) in [4.78, 5) is 16.4. The number of nitrogens with zero attached hydrogens (tertiary/aromatic N) is 2. The Labute approximate surface area is 110 Å². The molecule has 1 amide bonds. The molecule has 0 spiro atoms. The number of carbonyl (C=O) groups excluding carboxylic acids is 1. The molecule has 2 rings (SSSR count). The molecule has 0 aromatic carbocycles. The first-order chi connectivity index (χ1) is 8.69. The Kier molecular flexibility index (Phi) is 4.97. The van der Waals surface area contributed by atoms with E-state index in [0.717, 1.165) is 45.6 Å². The fourth-order valence-corrected chi connectivity index (χ4v) is 2.99. The molecular weight excluding hydrogens is 228 g/mol. The maximum Gasteiger partial charge on any atom is 0.234 e. The van der Waals surface area contributed by atoms with E-state index in [1.807, 2.05) is 6.92 Å². The van der Waals surface area contributed by atoms with Crippen LogP contribution in [-0.2, 0) is 4.79 Å². The molecule has 0 aromatic heterocycles. The van der Waals surface area contributed by atoms with Gasteiger partial charge < -0.3 is 11.1 Å². The maximum atomic E-state index is 11.5. The van der Waals surface area contributed by atoms with Gasteiger partial charge in [-0.2, -0.15) is 0 Å². The number of amides is 1. The number of likely N-dealkylation sites (N-methyl/N-ethyl adjacent to an activating group) is 1. The van der Waals surface area contributed by atoms with Crippen LogP contribution in [0, 0.1) is 0 Å². The van der Waals surface area contributed by atoms with E-state index >= 15 is 0 Å². The molecule has 2 saturated heterocycles. The van der Waals surface area contributed by atoms with Crippen molar-refractivity contribution in [1.82, 2.24) is 15.1 Å². The molecule has 0 saturated carbocycles. The van der Waals surface area contributed by atoms with Gasteiger partial charge in [0.1, 0.15) is 0 Å². The van der Waals surface area contributed by atoms with E-state index in [1.54, 1.807) is 0 Å². The smallest absolute Gasteiger partial charge is 0.234 e. The average Bonchev–Trinajstić information content (AvgIpc) is 2.78. The number of carbonyl (C=O) groups is 1. The molecule has 0 radical (unpaired) electrons. The van der Waals surface area contributed by atoms with E-state index < -0.39 is 0 Å². The predicted molar refractivity (Wildman–Crippen MR) is 72.3 cm³/mol. The molecular formula is C13H26N4O. The molecule has 2 aliphatic rings. The molecule has 1 unspecified atom stereocenters. The number of hydrogen-bond donors (Lipinski definition) is 2. The second kappa shape index (κ2) is 6.50. The van der Waals surface area contributed by atoms with Crippen molar-refractivity contribution in [3.8, 4) is 0 Å². The van der Waals surface area contributed by atoms with Gasteiger partial charge in [0.25, 0.3) is 0 Å². The molecule has 2 heterocycles. The highest BCUT2D eigenvalue weighted by Gasteiger charge is 2.30. The Morgan fingerprint density at radius 1 is 1.28 bits per heavy atom. The quantitative estimate of drug-likeness (QED) is 0.718. The number of nitrogens with two attached hydrogens (primary N) is 1. The van der Waals surface area contributed by atoms with Crippen LogP contribution in [0.2, 0.25) is 0 Å². The van der Waals surface area contributed by atoms with Crippen molar-refractivity contribution in [3.05, 3.63) is 0 Å². The molecule has 5 nitrogen and oxygen atoms in total. The highest BCUT2D eigenvalue weighted by atomic mass is 16.2. The van der Waals surface area contributed by atoms with Crippen molar-refractivity contribution in [1.29, 1.82) is 0 Å². The lowest BCUT2D eigenvalue weighted by Gasteiger charge is -2.34. The minimum atomic E-state index is 0.152. The highest BCUT2D eigenvalue weighted by Crippen LogP contribution is 2.19. The molecule has 0 aromatic rings. The maximum absolute atomic E-state index is 11.5. The average molecular weight is 254 g/mol. The van der Waals surface area contributed by atoms with Gasteiger partial charge in [0.15, 0.2) is 0 Å². The number of hydrogen-bond acceptors (Lipinski definition) is 4. The minimum absolute atomic E-state index is 0.152. The second-order valence-corrected chi connectivity index (χ2v) is 5.50. The second-order valence-electron chi connectivity index (χ2n) is 5.50. The van der Waals surface area contributed by atoms with Gasteiger partial charge in [-0.05, 0) is 39.3 Å². The minimum Gasteiger partial charge on any atom is -0.355 e. The van der Waals surface area contributed by atoms with Crippen LogP contribution < -0.4 is 11.1 Å². The fraction of sp³-hybridized carbons (Fsp3) is 0.923. The van der Waals surface area contributed by atoms with Crippen LogP contribution in [0.4, 0.5) is 0 Å². The predicted octanol–water partition coefficient (Wildman–Crippen LogP) is -0.380. The first-order valence-corrected chi connectivity index (χ1v) is 7.17. The summed E-state index contributed by atoms with van der Waals surface area (Å²) in [5.41, 5.74) is 5.93. The zero-order valence-electron chi connectivity index (χ0n) is 11.4. The van der Waals surface area contributed by atoms with Gasteiger partial charge in [0.2, 0.25) is 5.91 Å². The van der Waals surface area contributed by atoms with Crippen molar-refractivity contribution in [3.63, 3.8) is 0 Å². The Morgan fingerprint density at radius 3 is 2.67 bits per heavy atom. The van der Waals surface area contributed by atoms with E-state index in [2.05, 4.69) is 15.1 Å². The van der Waals surface area contributed by atoms with Gasteiger partial charge in [0.05, 0.1) is 6.54 Å². The lowest BCUT2D eigenvalue weighted by molar-refractivity contribution is -0.121. The van der Waals surface area contributed by atoms with Crippen LogP contribution in [0.1, 0.15) is 26.2 Å². The van der Waals surface area contributed by atoms with E-state index in [1.165, 1.54) is 6.42 Å². The fourth-order valence-electron chi connectivity index (χ4n) is 2.99. The van der Waals surface area contributed by atoms with Crippen molar-refractivity contribution >= 4 is 5.91 Å². The van der Waals surface area contributed by atoms with Crippen molar-refractivity contribution in [2.45, 2.75) is 38.3 Å². The zero-order chi connectivity index (χ0) is 13.0. The molecule has 2 aliphatic heterocycles. The van der Waals surface area contributed by atoms with E-state index in [-0.39, 0.29) is 5.91 Å². The summed E-state index contributed by atoms with van der Waals surface area (Å²) in [5, 5.41) is 2.86. The van der Waals surface area contributed by atoms with E-state index in [0.29, 0.717) is 18.6 Å². The monoisotopic (exact) mass is 254 g/mol. The Balaban J connectivity index is 1.73. The standard InChI is InChI=1S/C13H26N4O/c1-2-15-13(18)10-16-6-5-12(9-16)17-7-3-11(14)4-8-17/h11-12H,2-10,14H2,1H3,(H,15,18). The molecule has 104 valence electrons. The normalized spacial score (nSPS) is 27.6. The van der Waals surface area contributed by atoms with Gasteiger partial charge in [-0.3, -0.25) is 14.6 Å². The third-order valence-electron chi connectivity index (χ3n) is 4.08. The summed E-state index contributed by atoms with van der Waals surface area (Å²) >= 11 is 0. The van der Waals surface area contributed by atoms with Crippen LogP contribution in [0.15, 0.2) is 0 Å². The van der Waals surface area contributed by atoms with E-state index in [4.69, 9.17) is 5.73 Å². The SMILES string of the molecule is CCNC(=O)CN1CCC(N2CCC(N)CC2)C1. The Bertz CT molecular complexity index is 276. The highest BCUT2D eigenvalue weighted by molar-refractivity contribution is 5.77. The molecule has 5 heteroatoms. The lowest BCUT2D eigenvalue weighted by Crippen LogP contribution is -2.46. The Morgan fingerprint density at radius 2 is 2.00 bits per heavy atom. The molecule has 3 N–H and O–H groups in total. The molecule has 1 atom stereocenters. The summed E-state index contributed by atoms with van der Waals surface area (Å²) in [6, 6.07) is 1.03. The van der Waals surface area contributed by atoms with Crippen LogP contribution in [0.5, 0.6) is 0 Å². The molecule has 2 fully saturated rings. The van der Waals surface area contributed by atoms with Crippen molar-refractivity contribution < 1.29 is 4.79 Å². The zero-order valence-corrected chi connectivity index (χ0v) is 11.4. The van der Waals surface area contributed by atoms with Gasteiger partial charge in [-0.1, -0.05) is 0 Å². The first-order valence-electron chi connectivity index (χ1n) is 7.17. The third kappa shape index (κ3) is 3.67. The van der Waals surface area contributed by atoms with Crippen LogP contribution >= 0.6 is 0 Å². The summed E-state index contributed by atoms with van der Waals surface area (Å²) in [7, 11) is 0. The van der Waals surface area contributed by atoms with Crippen molar-refractivity contribution in [2.24, 2.45) is 5.73 Å². The number of nitrogens with one attached hydrogen (secondary N) is 1. The summed E-state index contributed by atoms with van der Waals surface area (Å²) in [5.74, 6) is 0.152. The number of piperidine rings is 1. The topological polar surface area (TPSA) is 61.6 Å². The summed E-state index contributed by atoms with van der Waals surface area (Å²) in [6.07, 6.45) is 3.42.